The molecule has 0 radical (unpaired) electrons. The summed E-state index contributed by atoms with van der Waals surface area (Å²) in [6.45, 7) is -1.40. The topological polar surface area (TPSA) is 327 Å². The molecule has 2 aliphatic carbocycles. The number of rotatable bonds is 9. The minimum Gasteiger partial charge on any atom is -0.481 e. The molecule has 19 nitrogen and oxygen atoms in total. The number of carboxylic acids is 1. The van der Waals surface area contributed by atoms with Crippen molar-refractivity contribution in [2.45, 2.75) is 142 Å². The molecule has 0 bridgehead atoms. The third kappa shape index (κ3) is 8.06. The third-order valence-electron chi connectivity index (χ3n) is 10.8. The van der Waals surface area contributed by atoms with Crippen molar-refractivity contribution in [1.29, 1.82) is 0 Å². The van der Waals surface area contributed by atoms with Crippen LogP contribution in [0.15, 0.2) is 0 Å². The van der Waals surface area contributed by atoms with Crippen molar-refractivity contribution in [3.63, 3.8) is 0 Å². The van der Waals surface area contributed by atoms with Crippen molar-refractivity contribution in [2.75, 3.05) is 13.2 Å². The molecule has 0 spiro atoms. The lowest BCUT2D eigenvalue weighted by molar-refractivity contribution is -0.372. The Morgan fingerprint density at radius 1 is 0.694 bits per heavy atom. The maximum atomic E-state index is 11.8. The van der Waals surface area contributed by atoms with Gasteiger partial charge in [0.05, 0.1) is 49.0 Å². The van der Waals surface area contributed by atoms with E-state index in [1.165, 1.54) is 0 Å². The van der Waals surface area contributed by atoms with Crippen molar-refractivity contribution in [3.05, 3.63) is 0 Å². The molecule has 20 atom stereocenters. The van der Waals surface area contributed by atoms with Crippen molar-refractivity contribution in [1.82, 2.24) is 0 Å². The highest BCUT2D eigenvalue weighted by molar-refractivity contribution is 5.90. The predicted molar refractivity (Wildman–Crippen MR) is 156 cm³/mol. The number of aliphatic carboxylic acids is 1. The van der Waals surface area contributed by atoms with E-state index in [9.17, 15) is 65.8 Å². The molecule has 0 aromatic carbocycles. The molecule has 282 valence electrons. The second-order valence-corrected chi connectivity index (χ2v) is 13.9. The van der Waals surface area contributed by atoms with Crippen LogP contribution >= 0.6 is 0 Å². The Hall–Kier alpha value is -1.66. The number of aliphatic hydroxyl groups excluding tert-OH is 11. The van der Waals surface area contributed by atoms with Crippen LogP contribution in [0.4, 0.5) is 0 Å². The summed E-state index contributed by atoms with van der Waals surface area (Å²) in [6, 6.07) is 0. The Balaban J connectivity index is 1.41. The Kier molecular flexibility index (Phi) is 12.5. The van der Waals surface area contributed by atoms with Crippen LogP contribution in [0.25, 0.3) is 0 Å². The smallest absolute Gasteiger partial charge is 0.317 e. The first kappa shape index (κ1) is 38.6. The van der Waals surface area contributed by atoms with Crippen LogP contribution < -0.4 is 0 Å². The van der Waals surface area contributed by atoms with Gasteiger partial charge in [0, 0.05) is 12.3 Å². The fourth-order valence-corrected chi connectivity index (χ4v) is 8.11. The lowest BCUT2D eigenvalue weighted by Gasteiger charge is -2.53. The zero-order valence-corrected chi connectivity index (χ0v) is 26.5. The van der Waals surface area contributed by atoms with E-state index in [2.05, 4.69) is 0 Å². The molecule has 3 heterocycles. The Labute approximate surface area is 280 Å². The number of hydrogen-bond donors (Lipinski definition) is 12. The standard InChI is InChI=1S/C30H48O19/c31-7-16-21(39)23(41)25(43)29(46-16)20-14(35)5-12(33)10-4-15(27(49-28(10)20)9-1-2-11(32)13(34)3-9)47-30-26(44)24(42)22(40)17(48-30)8-45-19(38)6-18(36)37/h9-17,20-35,39-44H,1-8H2,(H,36,37)/p+1. The highest BCUT2D eigenvalue weighted by atomic mass is 16.7. The number of hydrogen-bond acceptors (Lipinski definition) is 17. The average molecular weight is 714 g/mol. The van der Waals surface area contributed by atoms with E-state index in [0.717, 1.165) is 0 Å². The number of ether oxygens (including phenoxy) is 5. The van der Waals surface area contributed by atoms with Gasteiger partial charge >= 0.3 is 11.9 Å². The van der Waals surface area contributed by atoms with Gasteiger partial charge in [-0.05, 0) is 25.7 Å². The number of aliphatic hydroxyl groups is 13. The van der Waals surface area contributed by atoms with Gasteiger partial charge in [0.1, 0.15) is 68.0 Å². The second-order valence-electron chi connectivity index (χ2n) is 13.9. The van der Waals surface area contributed by atoms with Gasteiger partial charge in [-0.2, -0.15) is 0 Å². The van der Waals surface area contributed by atoms with Gasteiger partial charge in [0.25, 0.3) is 0 Å². The van der Waals surface area contributed by atoms with E-state index in [1.807, 2.05) is 0 Å². The van der Waals surface area contributed by atoms with Gasteiger partial charge < -0.3 is 85.0 Å². The summed E-state index contributed by atoms with van der Waals surface area (Å²) >= 11 is 0. The minimum absolute atomic E-state index is 0.0146. The molecule has 0 aromatic rings. The van der Waals surface area contributed by atoms with Crippen LogP contribution in [0, 0.1) is 17.8 Å². The number of esters is 1. The second kappa shape index (κ2) is 15.9. The highest BCUT2D eigenvalue weighted by Crippen LogP contribution is 2.46. The number of fused-ring (bicyclic) bond motifs is 1. The normalized spacial score (nSPS) is 50.7. The molecule has 0 amide bonds. The summed E-state index contributed by atoms with van der Waals surface area (Å²) in [5, 5.41) is 125. The Morgan fingerprint density at radius 3 is 2.02 bits per heavy atom. The molecule has 19 heteroatoms. The van der Waals surface area contributed by atoms with E-state index in [0.29, 0.717) is 6.42 Å². The van der Waals surface area contributed by atoms with Crippen molar-refractivity contribution < 1.29 is 94.6 Å². The lowest BCUT2D eigenvalue weighted by Crippen LogP contribution is -2.69. The van der Waals surface area contributed by atoms with Crippen LogP contribution in [0.5, 0.6) is 0 Å². The van der Waals surface area contributed by atoms with Crippen molar-refractivity contribution in [3.8, 4) is 0 Å². The van der Waals surface area contributed by atoms with Crippen LogP contribution in [-0.4, -0.2) is 195 Å². The van der Waals surface area contributed by atoms with Crippen LogP contribution in [0.3, 0.4) is 0 Å². The summed E-state index contributed by atoms with van der Waals surface area (Å²) in [4.78, 5) is 22.6. The number of carbonyl (C=O) groups excluding carboxylic acids is 1. The van der Waals surface area contributed by atoms with Crippen LogP contribution in [0.1, 0.15) is 38.5 Å². The Morgan fingerprint density at radius 2 is 1.37 bits per heavy atom. The third-order valence-corrected chi connectivity index (χ3v) is 10.8. The zero-order valence-electron chi connectivity index (χ0n) is 26.5. The quantitative estimate of drug-likeness (QED) is 0.0600. The van der Waals surface area contributed by atoms with E-state index >= 15 is 0 Å². The molecule has 2 saturated carbocycles. The molecular weight excluding hydrogens is 664 g/mol. The van der Waals surface area contributed by atoms with Gasteiger partial charge in [-0.3, -0.25) is 9.59 Å². The highest BCUT2D eigenvalue weighted by Gasteiger charge is 2.62. The summed E-state index contributed by atoms with van der Waals surface area (Å²) in [7, 11) is 0. The predicted octanol–water partition coefficient (Wildman–Crippen LogP) is -6.41. The largest absolute Gasteiger partial charge is 0.481 e. The van der Waals surface area contributed by atoms with E-state index in [1.54, 1.807) is 0 Å². The summed E-state index contributed by atoms with van der Waals surface area (Å²) in [6.07, 6.45) is -24.3. The maximum Gasteiger partial charge on any atom is 0.317 e. The molecule has 5 fully saturated rings. The molecule has 0 aromatic heterocycles. The zero-order chi connectivity index (χ0) is 35.9. The molecule has 5 aliphatic rings. The molecule has 49 heavy (non-hydrogen) atoms. The fourth-order valence-electron chi connectivity index (χ4n) is 8.11. The molecule has 3 saturated heterocycles. The minimum atomic E-state index is -1.86. The first-order valence-electron chi connectivity index (χ1n) is 16.6. The molecule has 5 rings (SSSR count). The summed E-state index contributed by atoms with van der Waals surface area (Å²) in [5.41, 5.74) is 0. The maximum absolute atomic E-state index is 11.8. The van der Waals surface area contributed by atoms with E-state index in [4.69, 9.17) is 28.8 Å². The number of carboxylic acid groups (broad SMARTS) is 1. The first-order valence-corrected chi connectivity index (χ1v) is 16.6. The number of carbonyl (C=O) groups is 2. The first-order chi connectivity index (χ1) is 23.1. The molecule has 13 N–H and O–H groups in total. The van der Waals surface area contributed by atoms with Gasteiger partial charge in [-0.1, -0.05) is 0 Å². The monoisotopic (exact) mass is 713 g/mol. The van der Waals surface area contributed by atoms with Gasteiger partial charge in [0.2, 0.25) is 0 Å². The molecular formula is C30H49O19+. The van der Waals surface area contributed by atoms with E-state index in [-0.39, 0.29) is 25.7 Å². The van der Waals surface area contributed by atoms with Crippen molar-refractivity contribution in [2.24, 2.45) is 17.8 Å². The fraction of sp³-hybridized carbons (Fsp3) is 0.933. The van der Waals surface area contributed by atoms with Gasteiger partial charge in [-0.25, -0.2) is 0 Å². The average Bonchev–Trinajstić information content (AvgIpc) is 3.05. The lowest BCUT2D eigenvalue weighted by atomic mass is 9.66. The summed E-state index contributed by atoms with van der Waals surface area (Å²) < 4.78 is 27.6. The Bertz CT molecular complexity index is 1130. The van der Waals surface area contributed by atoms with Gasteiger partial charge in [0.15, 0.2) is 18.5 Å². The molecule has 20 unspecified atom stereocenters. The van der Waals surface area contributed by atoms with Crippen LogP contribution in [0.2, 0.25) is 0 Å². The SMILES string of the molecule is O=C(O)CC(=O)OCC1OC(OC2CC3C(O)CC(O)C(C4OC(CO)C(O)C(O)C4O)C3[OH+]C2C2CCC(O)C(O)C2)C(O)C(O)C1O. The van der Waals surface area contributed by atoms with Crippen molar-refractivity contribution >= 4 is 11.9 Å². The van der Waals surface area contributed by atoms with Crippen LogP contribution in [-0.2, 0) is 28.5 Å². The van der Waals surface area contributed by atoms with Gasteiger partial charge in [-0.15, -0.1) is 0 Å². The van der Waals surface area contributed by atoms with E-state index < -0.39 is 153 Å². The summed E-state index contributed by atoms with van der Waals surface area (Å²) in [5.74, 6) is -4.91. The molecule has 3 aliphatic heterocycles.